The summed E-state index contributed by atoms with van der Waals surface area (Å²) in [5.41, 5.74) is 6.60. The van der Waals surface area contributed by atoms with Gasteiger partial charge in [0.15, 0.2) is 0 Å². The van der Waals surface area contributed by atoms with Crippen molar-refractivity contribution >= 4 is 11.6 Å². The Kier molecular flexibility index (Phi) is 4.94. The predicted octanol–water partition coefficient (Wildman–Crippen LogP) is 1.82. The van der Waals surface area contributed by atoms with Crippen molar-refractivity contribution in [3.8, 4) is 0 Å². The van der Waals surface area contributed by atoms with Gasteiger partial charge in [-0.05, 0) is 25.0 Å². The van der Waals surface area contributed by atoms with Gasteiger partial charge in [-0.15, -0.1) is 0 Å². The number of rotatable bonds is 5. The Morgan fingerprint density at radius 1 is 1.43 bits per heavy atom. The Bertz CT molecular complexity index is 276. The van der Waals surface area contributed by atoms with Gasteiger partial charge in [0.05, 0.1) is 0 Å². The molecular weight excluding hydrogens is 196 g/mol. The highest BCUT2D eigenvalue weighted by atomic mass is 35.5. The Hall–Kier alpha value is -0.570. The lowest BCUT2D eigenvalue weighted by Gasteiger charge is -2.13. The molecule has 0 aliphatic carbocycles. The zero-order valence-corrected chi connectivity index (χ0v) is 9.22. The van der Waals surface area contributed by atoms with Crippen LogP contribution in [0.4, 0.5) is 0 Å². The van der Waals surface area contributed by atoms with Crippen LogP contribution < -0.4 is 11.1 Å². The molecule has 1 aromatic carbocycles. The summed E-state index contributed by atoms with van der Waals surface area (Å²) in [6, 6.07) is 8.36. The third-order valence-electron chi connectivity index (χ3n) is 2.12. The number of nitrogens with two attached hydrogens (primary N) is 1. The largest absolute Gasteiger partial charge is 0.329 e. The van der Waals surface area contributed by atoms with Crippen molar-refractivity contribution in [3.05, 3.63) is 34.9 Å². The van der Waals surface area contributed by atoms with Crippen LogP contribution in [0.25, 0.3) is 0 Å². The first-order valence-corrected chi connectivity index (χ1v) is 5.28. The van der Waals surface area contributed by atoms with Gasteiger partial charge in [-0.3, -0.25) is 0 Å². The minimum atomic E-state index is 0.415. The molecule has 0 aliphatic rings. The van der Waals surface area contributed by atoms with Crippen molar-refractivity contribution in [1.29, 1.82) is 0 Å². The van der Waals surface area contributed by atoms with Crippen LogP contribution in [0.3, 0.4) is 0 Å². The molecule has 0 radical (unpaired) electrons. The molecule has 78 valence electrons. The highest BCUT2D eigenvalue weighted by Crippen LogP contribution is 2.16. The summed E-state index contributed by atoms with van der Waals surface area (Å²) in [5, 5.41) is 4.17. The third kappa shape index (κ3) is 3.66. The second-order valence-electron chi connectivity index (χ2n) is 3.44. The molecule has 2 nitrogen and oxygen atoms in total. The molecule has 14 heavy (non-hydrogen) atoms. The molecule has 0 saturated heterocycles. The first kappa shape index (κ1) is 11.5. The van der Waals surface area contributed by atoms with E-state index in [1.165, 1.54) is 5.56 Å². The van der Waals surface area contributed by atoms with Crippen LogP contribution in [0.2, 0.25) is 5.02 Å². The summed E-state index contributed by atoms with van der Waals surface area (Å²) in [6.07, 6.45) is 0.944. The average molecular weight is 213 g/mol. The smallest absolute Gasteiger partial charge is 0.0438 e. The molecule has 3 N–H and O–H groups in total. The summed E-state index contributed by atoms with van der Waals surface area (Å²) in [7, 11) is 0. The second-order valence-corrected chi connectivity index (χ2v) is 3.85. The fourth-order valence-electron chi connectivity index (χ4n) is 1.40. The number of halogens is 1. The van der Waals surface area contributed by atoms with Gasteiger partial charge in [0.2, 0.25) is 0 Å². The van der Waals surface area contributed by atoms with Crippen LogP contribution >= 0.6 is 11.6 Å². The van der Waals surface area contributed by atoms with Gasteiger partial charge in [-0.2, -0.15) is 0 Å². The summed E-state index contributed by atoms with van der Waals surface area (Å²) >= 11 is 6.05. The fourth-order valence-corrected chi connectivity index (χ4v) is 1.61. The Morgan fingerprint density at radius 3 is 2.79 bits per heavy atom. The highest BCUT2D eigenvalue weighted by molar-refractivity contribution is 6.31. The lowest BCUT2D eigenvalue weighted by molar-refractivity contribution is 0.553. The quantitative estimate of drug-likeness (QED) is 0.782. The summed E-state index contributed by atoms with van der Waals surface area (Å²) in [5.74, 6) is 0. The van der Waals surface area contributed by atoms with Crippen molar-refractivity contribution < 1.29 is 0 Å². The fraction of sp³-hybridized carbons (Fsp3) is 0.455. The lowest BCUT2D eigenvalue weighted by Crippen LogP contribution is -2.32. The molecule has 0 bridgehead atoms. The number of hydrogen-bond acceptors (Lipinski definition) is 2. The maximum absolute atomic E-state index is 6.05. The molecule has 1 rings (SSSR count). The predicted molar refractivity (Wildman–Crippen MR) is 61.7 cm³/mol. The Labute approximate surface area is 90.4 Å². The van der Waals surface area contributed by atoms with Gasteiger partial charge in [-0.25, -0.2) is 0 Å². The zero-order chi connectivity index (χ0) is 10.4. The minimum absolute atomic E-state index is 0.415. The van der Waals surface area contributed by atoms with Gasteiger partial charge >= 0.3 is 0 Å². The van der Waals surface area contributed by atoms with E-state index in [-0.39, 0.29) is 0 Å². The van der Waals surface area contributed by atoms with E-state index in [2.05, 4.69) is 18.3 Å². The molecule has 0 amide bonds. The molecule has 0 heterocycles. The molecule has 0 aliphatic heterocycles. The van der Waals surface area contributed by atoms with Gasteiger partial charge in [0.1, 0.15) is 0 Å². The van der Waals surface area contributed by atoms with E-state index in [0.29, 0.717) is 12.6 Å². The Balaban J connectivity index is 2.47. The minimum Gasteiger partial charge on any atom is -0.329 e. The molecule has 0 aromatic heterocycles. The van der Waals surface area contributed by atoms with E-state index in [9.17, 15) is 0 Å². The van der Waals surface area contributed by atoms with Crippen LogP contribution in [-0.2, 0) is 6.42 Å². The third-order valence-corrected chi connectivity index (χ3v) is 2.49. The van der Waals surface area contributed by atoms with Crippen molar-refractivity contribution in [1.82, 2.24) is 5.32 Å². The van der Waals surface area contributed by atoms with Gasteiger partial charge in [0.25, 0.3) is 0 Å². The van der Waals surface area contributed by atoms with Crippen molar-refractivity contribution in [3.63, 3.8) is 0 Å². The Morgan fingerprint density at radius 2 is 2.14 bits per heavy atom. The van der Waals surface area contributed by atoms with E-state index >= 15 is 0 Å². The maximum Gasteiger partial charge on any atom is 0.0438 e. The summed E-state index contributed by atoms with van der Waals surface area (Å²) < 4.78 is 0. The molecule has 1 atom stereocenters. The topological polar surface area (TPSA) is 38.0 Å². The number of hydrogen-bond donors (Lipinski definition) is 2. The first-order chi connectivity index (χ1) is 6.74. The monoisotopic (exact) mass is 212 g/mol. The summed E-state index contributed by atoms with van der Waals surface area (Å²) in [4.78, 5) is 0. The SMILES string of the molecule is CC(Cc1ccccc1Cl)NCCN. The number of benzene rings is 1. The van der Waals surface area contributed by atoms with Gasteiger partial charge in [0, 0.05) is 24.2 Å². The van der Waals surface area contributed by atoms with Crippen LogP contribution in [-0.4, -0.2) is 19.1 Å². The highest BCUT2D eigenvalue weighted by Gasteiger charge is 2.04. The van der Waals surface area contributed by atoms with Crippen LogP contribution in [0.1, 0.15) is 12.5 Å². The van der Waals surface area contributed by atoms with Crippen LogP contribution in [0.15, 0.2) is 24.3 Å². The van der Waals surface area contributed by atoms with E-state index in [1.54, 1.807) is 0 Å². The molecule has 1 aromatic rings. The summed E-state index contributed by atoms with van der Waals surface area (Å²) in [6.45, 7) is 3.66. The van der Waals surface area contributed by atoms with Gasteiger partial charge < -0.3 is 11.1 Å². The lowest BCUT2D eigenvalue weighted by atomic mass is 10.1. The van der Waals surface area contributed by atoms with E-state index in [4.69, 9.17) is 17.3 Å². The van der Waals surface area contributed by atoms with E-state index in [1.807, 2.05) is 18.2 Å². The molecule has 0 saturated carbocycles. The van der Waals surface area contributed by atoms with E-state index in [0.717, 1.165) is 18.0 Å². The van der Waals surface area contributed by atoms with Crippen LogP contribution in [0.5, 0.6) is 0 Å². The van der Waals surface area contributed by atoms with Crippen molar-refractivity contribution in [2.75, 3.05) is 13.1 Å². The molecule has 0 spiro atoms. The molecule has 3 heteroatoms. The molecular formula is C11H17ClN2. The molecule has 1 unspecified atom stereocenters. The number of nitrogens with one attached hydrogen (secondary N) is 1. The second kappa shape index (κ2) is 6.02. The van der Waals surface area contributed by atoms with Crippen molar-refractivity contribution in [2.45, 2.75) is 19.4 Å². The first-order valence-electron chi connectivity index (χ1n) is 4.91. The van der Waals surface area contributed by atoms with E-state index < -0.39 is 0 Å². The van der Waals surface area contributed by atoms with Crippen LogP contribution in [0, 0.1) is 0 Å². The molecule has 0 fully saturated rings. The normalized spacial score (nSPS) is 12.8. The van der Waals surface area contributed by atoms with Gasteiger partial charge in [-0.1, -0.05) is 29.8 Å². The zero-order valence-electron chi connectivity index (χ0n) is 8.46. The average Bonchev–Trinajstić information content (AvgIpc) is 2.18. The van der Waals surface area contributed by atoms with Crippen molar-refractivity contribution in [2.24, 2.45) is 5.73 Å². The standard InChI is InChI=1S/C11H17ClN2/c1-9(14-7-6-13)8-10-4-2-3-5-11(10)12/h2-5,9,14H,6-8,13H2,1H3. The maximum atomic E-state index is 6.05.